The molecule has 0 aliphatic rings. The average Bonchev–Trinajstić information content (AvgIpc) is 2.90. The van der Waals surface area contributed by atoms with Crippen molar-refractivity contribution >= 4 is 0 Å². The summed E-state index contributed by atoms with van der Waals surface area (Å²) in [5.74, 6) is 1.00. The molecule has 0 saturated heterocycles. The van der Waals surface area contributed by atoms with Crippen molar-refractivity contribution in [1.29, 1.82) is 0 Å². The van der Waals surface area contributed by atoms with Gasteiger partial charge < -0.3 is 9.73 Å². The van der Waals surface area contributed by atoms with E-state index in [2.05, 4.69) is 56.4 Å². The van der Waals surface area contributed by atoms with Crippen LogP contribution in [0.2, 0.25) is 0 Å². The molecule has 0 radical (unpaired) electrons. The molecule has 0 bridgehead atoms. The summed E-state index contributed by atoms with van der Waals surface area (Å²) < 4.78 is 5.53. The van der Waals surface area contributed by atoms with E-state index in [1.807, 2.05) is 12.1 Å². The van der Waals surface area contributed by atoms with Crippen molar-refractivity contribution in [2.45, 2.75) is 26.4 Å². The van der Waals surface area contributed by atoms with Crippen LogP contribution >= 0.6 is 0 Å². The Morgan fingerprint density at radius 3 is 2.35 bits per heavy atom. The van der Waals surface area contributed by atoms with Crippen LogP contribution in [0.25, 0.3) is 0 Å². The molecule has 1 unspecified atom stereocenters. The molecule has 0 aliphatic carbocycles. The van der Waals surface area contributed by atoms with Gasteiger partial charge in [-0.2, -0.15) is 0 Å². The number of hydrogen-bond donors (Lipinski definition) is 1. The van der Waals surface area contributed by atoms with Crippen molar-refractivity contribution < 1.29 is 4.42 Å². The molecule has 0 saturated carbocycles. The maximum atomic E-state index is 5.53. The van der Waals surface area contributed by atoms with Crippen LogP contribution in [0.1, 0.15) is 28.5 Å². The summed E-state index contributed by atoms with van der Waals surface area (Å²) >= 11 is 0. The van der Waals surface area contributed by atoms with Gasteiger partial charge >= 0.3 is 0 Å². The van der Waals surface area contributed by atoms with E-state index in [1.54, 1.807) is 6.26 Å². The number of likely N-dealkylation sites (N-methyl/N-ethyl adjacent to an activating group) is 1. The van der Waals surface area contributed by atoms with Crippen LogP contribution in [0.5, 0.6) is 0 Å². The summed E-state index contributed by atoms with van der Waals surface area (Å²) in [6, 6.07) is 10.7. The molecular weight excluding hydrogens is 248 g/mol. The normalized spacial score (nSPS) is 12.8. The van der Waals surface area contributed by atoms with E-state index < -0.39 is 0 Å². The quantitative estimate of drug-likeness (QED) is 0.874. The second-order valence-electron chi connectivity index (χ2n) is 5.50. The summed E-state index contributed by atoms with van der Waals surface area (Å²) in [5, 5.41) is 3.55. The molecule has 0 spiro atoms. The minimum atomic E-state index is 0.259. The number of benzene rings is 1. The molecule has 0 fully saturated rings. The van der Waals surface area contributed by atoms with E-state index in [0.717, 1.165) is 18.8 Å². The highest BCUT2D eigenvalue weighted by Crippen LogP contribution is 2.18. The van der Waals surface area contributed by atoms with Crippen LogP contribution in [0.4, 0.5) is 0 Å². The first-order valence-corrected chi connectivity index (χ1v) is 7.05. The van der Waals surface area contributed by atoms with Crippen LogP contribution in [-0.4, -0.2) is 25.5 Å². The second kappa shape index (κ2) is 6.73. The summed E-state index contributed by atoms with van der Waals surface area (Å²) in [7, 11) is 4.15. The summed E-state index contributed by atoms with van der Waals surface area (Å²) in [6.45, 7) is 6.10. The van der Waals surface area contributed by atoms with Crippen LogP contribution in [0.15, 0.2) is 41.0 Å². The Kier molecular flexibility index (Phi) is 4.99. The van der Waals surface area contributed by atoms with Crippen molar-refractivity contribution in [3.8, 4) is 0 Å². The molecule has 1 aromatic carbocycles. The third-order valence-electron chi connectivity index (χ3n) is 3.78. The zero-order valence-electron chi connectivity index (χ0n) is 12.8. The van der Waals surface area contributed by atoms with E-state index in [9.17, 15) is 0 Å². The third-order valence-corrected chi connectivity index (χ3v) is 3.78. The first kappa shape index (κ1) is 14.8. The Morgan fingerprint density at radius 2 is 1.80 bits per heavy atom. The zero-order chi connectivity index (χ0) is 14.5. The lowest BCUT2D eigenvalue weighted by Crippen LogP contribution is -2.30. The first-order chi connectivity index (χ1) is 9.59. The van der Waals surface area contributed by atoms with Crippen molar-refractivity contribution in [2.75, 3.05) is 20.6 Å². The first-order valence-electron chi connectivity index (χ1n) is 7.05. The van der Waals surface area contributed by atoms with Gasteiger partial charge in [-0.05, 0) is 56.8 Å². The lowest BCUT2D eigenvalue weighted by atomic mass is 10.0. The van der Waals surface area contributed by atoms with Gasteiger partial charge in [-0.3, -0.25) is 4.90 Å². The fraction of sp³-hybridized carbons (Fsp3) is 0.412. The van der Waals surface area contributed by atoms with Gasteiger partial charge in [0.2, 0.25) is 0 Å². The highest BCUT2D eigenvalue weighted by Gasteiger charge is 2.16. The fourth-order valence-electron chi connectivity index (χ4n) is 2.48. The van der Waals surface area contributed by atoms with Gasteiger partial charge in [-0.1, -0.05) is 18.2 Å². The topological polar surface area (TPSA) is 28.4 Å². The van der Waals surface area contributed by atoms with Gasteiger partial charge in [0.1, 0.15) is 5.76 Å². The molecule has 1 heterocycles. The van der Waals surface area contributed by atoms with Crippen LogP contribution in [-0.2, 0) is 6.54 Å². The molecule has 2 aromatic rings. The van der Waals surface area contributed by atoms with E-state index in [-0.39, 0.29) is 6.04 Å². The Bertz CT molecular complexity index is 512. The number of nitrogens with zero attached hydrogens (tertiary/aromatic N) is 1. The smallest absolute Gasteiger partial charge is 0.122 e. The van der Waals surface area contributed by atoms with Crippen molar-refractivity contribution in [3.05, 3.63) is 59.0 Å². The molecular formula is C17H24N2O. The third kappa shape index (κ3) is 3.50. The Morgan fingerprint density at radius 1 is 1.10 bits per heavy atom. The van der Waals surface area contributed by atoms with Gasteiger partial charge in [0.15, 0.2) is 0 Å². The lowest BCUT2D eigenvalue weighted by molar-refractivity contribution is 0.250. The lowest BCUT2D eigenvalue weighted by Gasteiger charge is -2.23. The number of rotatable bonds is 6. The maximum absolute atomic E-state index is 5.53. The van der Waals surface area contributed by atoms with Gasteiger partial charge in [0.05, 0.1) is 12.3 Å². The molecule has 1 atom stereocenters. The summed E-state index contributed by atoms with van der Waals surface area (Å²) in [4.78, 5) is 2.18. The molecule has 0 amide bonds. The van der Waals surface area contributed by atoms with E-state index in [4.69, 9.17) is 4.42 Å². The Labute approximate surface area is 121 Å². The van der Waals surface area contributed by atoms with Gasteiger partial charge in [-0.15, -0.1) is 0 Å². The van der Waals surface area contributed by atoms with E-state index in [1.165, 1.54) is 16.7 Å². The van der Waals surface area contributed by atoms with E-state index in [0.29, 0.717) is 0 Å². The minimum Gasteiger partial charge on any atom is -0.468 e. The molecule has 1 N–H and O–H groups in total. The zero-order valence-corrected chi connectivity index (χ0v) is 12.8. The maximum Gasteiger partial charge on any atom is 0.122 e. The van der Waals surface area contributed by atoms with Crippen LogP contribution in [0.3, 0.4) is 0 Å². The minimum absolute atomic E-state index is 0.259. The van der Waals surface area contributed by atoms with Gasteiger partial charge in [0, 0.05) is 13.1 Å². The Balaban J connectivity index is 1.97. The molecule has 0 aliphatic heterocycles. The molecule has 3 nitrogen and oxygen atoms in total. The summed E-state index contributed by atoms with van der Waals surface area (Å²) in [5.41, 5.74) is 4.08. The van der Waals surface area contributed by atoms with Gasteiger partial charge in [0.25, 0.3) is 0 Å². The van der Waals surface area contributed by atoms with E-state index >= 15 is 0 Å². The molecule has 1 aromatic heterocycles. The standard InChI is InChI=1S/C17H24N2O/c1-13-7-5-8-14(2)15(13)11-18-12-16(19(3)4)17-9-6-10-20-17/h5-10,16,18H,11-12H2,1-4H3. The average molecular weight is 272 g/mol. The molecule has 20 heavy (non-hydrogen) atoms. The number of hydrogen-bond acceptors (Lipinski definition) is 3. The van der Waals surface area contributed by atoms with Crippen molar-refractivity contribution in [2.24, 2.45) is 0 Å². The number of nitrogens with one attached hydrogen (secondary N) is 1. The monoisotopic (exact) mass is 272 g/mol. The number of aryl methyl sites for hydroxylation is 2. The van der Waals surface area contributed by atoms with Crippen molar-refractivity contribution in [1.82, 2.24) is 10.2 Å². The molecule has 3 heteroatoms. The Hall–Kier alpha value is -1.58. The predicted octanol–water partition coefficient (Wildman–Crippen LogP) is 3.29. The highest BCUT2D eigenvalue weighted by molar-refractivity contribution is 5.33. The predicted molar refractivity (Wildman–Crippen MR) is 82.8 cm³/mol. The fourth-order valence-corrected chi connectivity index (χ4v) is 2.48. The van der Waals surface area contributed by atoms with Crippen LogP contribution < -0.4 is 5.32 Å². The number of furan rings is 1. The molecule has 2 rings (SSSR count). The molecule has 108 valence electrons. The SMILES string of the molecule is Cc1cccc(C)c1CNCC(c1ccco1)N(C)C. The summed E-state index contributed by atoms with van der Waals surface area (Å²) in [6.07, 6.45) is 1.73. The van der Waals surface area contributed by atoms with Crippen LogP contribution in [0, 0.1) is 13.8 Å². The van der Waals surface area contributed by atoms with Crippen molar-refractivity contribution in [3.63, 3.8) is 0 Å². The highest BCUT2D eigenvalue weighted by atomic mass is 16.3. The van der Waals surface area contributed by atoms with Gasteiger partial charge in [-0.25, -0.2) is 0 Å². The largest absolute Gasteiger partial charge is 0.468 e. The second-order valence-corrected chi connectivity index (χ2v) is 5.50.